The predicted octanol–water partition coefficient (Wildman–Crippen LogP) is -1.21. The van der Waals surface area contributed by atoms with Gasteiger partial charge in [-0.1, -0.05) is 0 Å². The van der Waals surface area contributed by atoms with E-state index in [0.717, 1.165) is 0 Å². The first kappa shape index (κ1) is 6.95. The molecule has 0 radical (unpaired) electrons. The van der Waals surface area contributed by atoms with Gasteiger partial charge in [0.05, 0.1) is 12.7 Å². The summed E-state index contributed by atoms with van der Waals surface area (Å²) in [5.74, 6) is -0.433. The molecule has 0 aromatic rings. The highest BCUT2D eigenvalue weighted by Gasteiger charge is 2.14. The number of rotatable bonds is 2. The van der Waals surface area contributed by atoms with Crippen LogP contribution in [-0.4, -0.2) is 24.8 Å². The molecule has 1 aliphatic heterocycles. The maximum atomic E-state index is 10.7. The molecule has 54 valence electrons. The molecule has 1 atom stereocenters. The molecule has 0 saturated carbocycles. The van der Waals surface area contributed by atoms with Gasteiger partial charge < -0.3 is 5.32 Å². The van der Waals surface area contributed by atoms with Gasteiger partial charge in [-0.3, -0.25) is 14.9 Å². The van der Waals surface area contributed by atoms with Gasteiger partial charge >= 0.3 is 0 Å². The smallest absolute Gasteiger partial charge is 0.216 e. The van der Waals surface area contributed by atoms with Crippen molar-refractivity contribution in [2.75, 3.05) is 6.67 Å². The molecule has 0 aromatic carbocycles. The largest absolute Gasteiger partial charge is 0.379 e. The molecular weight excluding hydrogens is 132 g/mol. The van der Waals surface area contributed by atoms with Crippen molar-refractivity contribution in [2.45, 2.75) is 6.04 Å². The van der Waals surface area contributed by atoms with Gasteiger partial charge in [0, 0.05) is 0 Å². The fourth-order valence-corrected chi connectivity index (χ4v) is 0.729. The number of carbonyl (C=O) groups is 2. The van der Waals surface area contributed by atoms with Crippen LogP contribution in [0.1, 0.15) is 0 Å². The third kappa shape index (κ3) is 1.41. The molecule has 4 nitrogen and oxygen atoms in total. The number of carbonyl (C=O) groups excluding carboxylic acids is 2. The maximum absolute atomic E-state index is 10.7. The first-order valence-electron chi connectivity index (χ1n) is 2.97. The van der Waals surface area contributed by atoms with Gasteiger partial charge in [-0.2, -0.15) is 0 Å². The molecule has 0 aliphatic carbocycles. The Labute approximate surface area is 58.3 Å². The molecule has 2 N–H and O–H groups in total. The minimum Gasteiger partial charge on any atom is -0.379 e. The standard InChI is InChI=1S/C6H8N2O2/c9-3-6(10)5-1-2-7-4-8-5/h1-3,5,7-8H,4H2. The Morgan fingerprint density at radius 3 is 3.00 bits per heavy atom. The highest BCUT2D eigenvalue weighted by molar-refractivity contribution is 6.28. The Balaban J connectivity index is 2.54. The average molecular weight is 140 g/mol. The molecule has 0 amide bonds. The van der Waals surface area contributed by atoms with Gasteiger partial charge in [-0.15, -0.1) is 0 Å². The summed E-state index contributed by atoms with van der Waals surface area (Å²) in [7, 11) is 0. The molecule has 1 unspecified atom stereocenters. The zero-order valence-corrected chi connectivity index (χ0v) is 5.33. The number of hydrogen-bond acceptors (Lipinski definition) is 4. The molecule has 10 heavy (non-hydrogen) atoms. The van der Waals surface area contributed by atoms with E-state index in [1.165, 1.54) is 0 Å². The second-order valence-corrected chi connectivity index (χ2v) is 1.94. The lowest BCUT2D eigenvalue weighted by Gasteiger charge is -2.15. The van der Waals surface area contributed by atoms with Crippen molar-refractivity contribution >= 4 is 12.1 Å². The molecule has 1 rings (SSSR count). The molecule has 1 aliphatic rings. The van der Waals surface area contributed by atoms with Crippen LogP contribution in [0.5, 0.6) is 0 Å². The van der Waals surface area contributed by atoms with E-state index in [1.54, 1.807) is 12.3 Å². The van der Waals surface area contributed by atoms with Crippen LogP contribution >= 0.6 is 0 Å². The quantitative estimate of drug-likeness (QED) is 0.373. The lowest BCUT2D eigenvalue weighted by molar-refractivity contribution is -0.130. The molecule has 4 heteroatoms. The fourth-order valence-electron chi connectivity index (χ4n) is 0.729. The molecule has 0 fully saturated rings. The van der Waals surface area contributed by atoms with Crippen molar-refractivity contribution < 1.29 is 9.59 Å². The van der Waals surface area contributed by atoms with E-state index >= 15 is 0 Å². The lowest BCUT2D eigenvalue weighted by Crippen LogP contribution is -2.43. The monoisotopic (exact) mass is 140 g/mol. The van der Waals surface area contributed by atoms with Crippen molar-refractivity contribution in [3.05, 3.63) is 12.3 Å². The van der Waals surface area contributed by atoms with Crippen LogP contribution < -0.4 is 10.6 Å². The fraction of sp³-hybridized carbons (Fsp3) is 0.333. The summed E-state index contributed by atoms with van der Waals surface area (Å²) >= 11 is 0. The van der Waals surface area contributed by atoms with E-state index < -0.39 is 11.8 Å². The summed E-state index contributed by atoms with van der Waals surface area (Å²) in [6.07, 6.45) is 3.59. The Morgan fingerprint density at radius 2 is 2.50 bits per heavy atom. The topological polar surface area (TPSA) is 58.2 Å². The summed E-state index contributed by atoms with van der Waals surface area (Å²) in [5.41, 5.74) is 0. The summed E-state index contributed by atoms with van der Waals surface area (Å²) in [6.45, 7) is 0.529. The third-order valence-electron chi connectivity index (χ3n) is 1.25. The van der Waals surface area contributed by atoms with E-state index in [2.05, 4.69) is 10.6 Å². The van der Waals surface area contributed by atoms with E-state index in [4.69, 9.17) is 0 Å². The molecule has 0 spiro atoms. The highest BCUT2D eigenvalue weighted by Crippen LogP contribution is 1.89. The van der Waals surface area contributed by atoms with Crippen LogP contribution in [0.3, 0.4) is 0 Å². The Morgan fingerprint density at radius 1 is 1.70 bits per heavy atom. The van der Waals surface area contributed by atoms with Gasteiger partial charge in [0.2, 0.25) is 5.78 Å². The molecule has 0 saturated heterocycles. The Bertz CT molecular complexity index is 177. The van der Waals surface area contributed by atoms with Crippen LogP contribution in [0.2, 0.25) is 0 Å². The SMILES string of the molecule is O=CC(=O)C1C=CNCN1. The number of ketones is 1. The molecule has 1 heterocycles. The van der Waals surface area contributed by atoms with Crippen molar-refractivity contribution in [2.24, 2.45) is 0 Å². The van der Waals surface area contributed by atoms with E-state index in [0.29, 0.717) is 13.0 Å². The zero-order valence-electron chi connectivity index (χ0n) is 5.33. The van der Waals surface area contributed by atoms with Crippen LogP contribution in [0.15, 0.2) is 12.3 Å². The number of Topliss-reactive ketones (excluding diaryl/α,β-unsaturated/α-hetero) is 1. The summed E-state index contributed by atoms with van der Waals surface area (Å²) in [6, 6.07) is -0.432. The predicted molar refractivity (Wildman–Crippen MR) is 35.1 cm³/mol. The summed E-state index contributed by atoms with van der Waals surface area (Å²) < 4.78 is 0. The minimum atomic E-state index is -0.433. The first-order valence-corrected chi connectivity index (χ1v) is 2.97. The second-order valence-electron chi connectivity index (χ2n) is 1.94. The van der Waals surface area contributed by atoms with Gasteiger partial charge in [0.25, 0.3) is 0 Å². The molecule has 0 bridgehead atoms. The van der Waals surface area contributed by atoms with Gasteiger partial charge in [0.15, 0.2) is 6.29 Å². The number of hydrogen-bond donors (Lipinski definition) is 2. The normalized spacial score (nSPS) is 23.4. The summed E-state index contributed by atoms with van der Waals surface area (Å²) in [4.78, 5) is 20.6. The van der Waals surface area contributed by atoms with E-state index in [9.17, 15) is 9.59 Å². The number of nitrogens with one attached hydrogen (secondary N) is 2. The third-order valence-corrected chi connectivity index (χ3v) is 1.25. The van der Waals surface area contributed by atoms with Gasteiger partial charge in [-0.25, -0.2) is 0 Å². The van der Waals surface area contributed by atoms with Crippen molar-refractivity contribution in [3.8, 4) is 0 Å². The minimum absolute atomic E-state index is 0.327. The maximum Gasteiger partial charge on any atom is 0.216 e. The molecule has 0 aromatic heterocycles. The van der Waals surface area contributed by atoms with Crippen LogP contribution in [0.25, 0.3) is 0 Å². The lowest BCUT2D eigenvalue weighted by atomic mass is 10.2. The Hall–Kier alpha value is -1.16. The van der Waals surface area contributed by atoms with Crippen LogP contribution in [0, 0.1) is 0 Å². The summed E-state index contributed by atoms with van der Waals surface area (Å²) in [5, 5.41) is 5.62. The second kappa shape index (κ2) is 3.12. The molecular formula is C6H8N2O2. The average Bonchev–Trinajstić information content (AvgIpc) is 2.05. The van der Waals surface area contributed by atoms with Crippen LogP contribution in [0.4, 0.5) is 0 Å². The van der Waals surface area contributed by atoms with Crippen molar-refractivity contribution in [1.82, 2.24) is 10.6 Å². The first-order chi connectivity index (χ1) is 4.84. The van der Waals surface area contributed by atoms with E-state index in [1.807, 2.05) is 0 Å². The van der Waals surface area contributed by atoms with Gasteiger partial charge in [-0.05, 0) is 12.3 Å². The highest BCUT2D eigenvalue weighted by atomic mass is 16.2. The Kier molecular flexibility index (Phi) is 2.17. The number of aldehydes is 1. The van der Waals surface area contributed by atoms with Crippen molar-refractivity contribution in [1.29, 1.82) is 0 Å². The van der Waals surface area contributed by atoms with Crippen LogP contribution in [-0.2, 0) is 9.59 Å². The van der Waals surface area contributed by atoms with Gasteiger partial charge in [0.1, 0.15) is 0 Å². The van der Waals surface area contributed by atoms with Crippen molar-refractivity contribution in [3.63, 3.8) is 0 Å². The zero-order chi connectivity index (χ0) is 7.40. The van der Waals surface area contributed by atoms with E-state index in [-0.39, 0.29) is 0 Å².